The molecule has 1 unspecified atom stereocenters. The van der Waals surface area contributed by atoms with Gasteiger partial charge >= 0.3 is 0 Å². The van der Waals surface area contributed by atoms with Gasteiger partial charge in [0.25, 0.3) is 0 Å². The maximum Gasteiger partial charge on any atom is 0.119 e. The SMILES string of the molecule is CCCCCCOc1ccc(CC(O)CCCC)cc1. The van der Waals surface area contributed by atoms with Gasteiger partial charge in [-0.25, -0.2) is 0 Å². The zero-order valence-corrected chi connectivity index (χ0v) is 13.1. The molecule has 0 radical (unpaired) electrons. The van der Waals surface area contributed by atoms with Gasteiger partial charge in [-0.2, -0.15) is 0 Å². The summed E-state index contributed by atoms with van der Waals surface area (Å²) in [5, 5.41) is 9.90. The predicted molar refractivity (Wildman–Crippen MR) is 85.3 cm³/mol. The van der Waals surface area contributed by atoms with Crippen molar-refractivity contribution in [3.05, 3.63) is 29.8 Å². The van der Waals surface area contributed by atoms with Crippen molar-refractivity contribution in [2.75, 3.05) is 6.61 Å². The quantitative estimate of drug-likeness (QED) is 0.592. The molecule has 20 heavy (non-hydrogen) atoms. The van der Waals surface area contributed by atoms with Crippen LogP contribution in [0.5, 0.6) is 5.75 Å². The van der Waals surface area contributed by atoms with E-state index in [1.54, 1.807) is 0 Å². The van der Waals surface area contributed by atoms with Crippen LogP contribution in [0.25, 0.3) is 0 Å². The summed E-state index contributed by atoms with van der Waals surface area (Å²) in [5.74, 6) is 0.938. The fraction of sp³-hybridized carbons (Fsp3) is 0.667. The zero-order chi connectivity index (χ0) is 14.6. The average molecular weight is 278 g/mol. The maximum atomic E-state index is 9.90. The average Bonchev–Trinajstić information content (AvgIpc) is 2.46. The van der Waals surface area contributed by atoms with Crippen molar-refractivity contribution in [1.29, 1.82) is 0 Å². The summed E-state index contributed by atoms with van der Waals surface area (Å²) in [6.07, 6.45) is 8.59. The van der Waals surface area contributed by atoms with Crippen LogP contribution in [0.1, 0.15) is 64.4 Å². The van der Waals surface area contributed by atoms with Crippen molar-refractivity contribution in [2.45, 2.75) is 71.3 Å². The van der Waals surface area contributed by atoms with E-state index in [-0.39, 0.29) is 6.10 Å². The fourth-order valence-corrected chi connectivity index (χ4v) is 2.25. The van der Waals surface area contributed by atoms with E-state index >= 15 is 0 Å². The lowest BCUT2D eigenvalue weighted by Crippen LogP contribution is -2.10. The lowest BCUT2D eigenvalue weighted by atomic mass is 10.0. The Morgan fingerprint density at radius 2 is 1.65 bits per heavy atom. The number of aliphatic hydroxyl groups is 1. The van der Waals surface area contributed by atoms with E-state index in [9.17, 15) is 5.11 Å². The van der Waals surface area contributed by atoms with Crippen molar-refractivity contribution < 1.29 is 9.84 Å². The normalized spacial score (nSPS) is 12.3. The summed E-state index contributed by atoms with van der Waals surface area (Å²) >= 11 is 0. The molecule has 0 fully saturated rings. The van der Waals surface area contributed by atoms with Gasteiger partial charge in [0.2, 0.25) is 0 Å². The summed E-state index contributed by atoms with van der Waals surface area (Å²) in [6, 6.07) is 8.16. The Morgan fingerprint density at radius 3 is 2.30 bits per heavy atom. The third kappa shape index (κ3) is 7.54. The Kier molecular flexibility index (Phi) is 9.14. The molecule has 1 rings (SSSR count). The second-order valence-electron chi connectivity index (χ2n) is 5.55. The summed E-state index contributed by atoms with van der Waals surface area (Å²) in [4.78, 5) is 0. The van der Waals surface area contributed by atoms with Gasteiger partial charge in [-0.05, 0) is 37.0 Å². The van der Waals surface area contributed by atoms with E-state index in [4.69, 9.17) is 4.74 Å². The first-order chi connectivity index (χ1) is 9.76. The first kappa shape index (κ1) is 17.0. The van der Waals surface area contributed by atoms with Gasteiger partial charge in [-0.1, -0.05) is 58.1 Å². The van der Waals surface area contributed by atoms with Gasteiger partial charge in [-0.3, -0.25) is 0 Å². The lowest BCUT2D eigenvalue weighted by molar-refractivity contribution is 0.161. The van der Waals surface area contributed by atoms with Crippen LogP contribution in [0.4, 0.5) is 0 Å². The lowest BCUT2D eigenvalue weighted by Gasteiger charge is -2.11. The van der Waals surface area contributed by atoms with Crippen LogP contribution in [0.2, 0.25) is 0 Å². The number of ether oxygens (including phenoxy) is 1. The van der Waals surface area contributed by atoms with Gasteiger partial charge in [0, 0.05) is 0 Å². The highest BCUT2D eigenvalue weighted by molar-refractivity contribution is 5.27. The van der Waals surface area contributed by atoms with Gasteiger partial charge in [-0.15, -0.1) is 0 Å². The van der Waals surface area contributed by atoms with Crippen LogP contribution in [-0.4, -0.2) is 17.8 Å². The minimum Gasteiger partial charge on any atom is -0.494 e. The number of hydrogen-bond donors (Lipinski definition) is 1. The van der Waals surface area contributed by atoms with Crippen LogP contribution >= 0.6 is 0 Å². The Balaban J connectivity index is 2.25. The van der Waals surface area contributed by atoms with Crippen LogP contribution in [0.3, 0.4) is 0 Å². The van der Waals surface area contributed by atoms with E-state index in [1.807, 2.05) is 12.1 Å². The van der Waals surface area contributed by atoms with Gasteiger partial charge in [0.05, 0.1) is 12.7 Å². The molecule has 1 N–H and O–H groups in total. The fourth-order valence-electron chi connectivity index (χ4n) is 2.25. The van der Waals surface area contributed by atoms with E-state index in [0.717, 1.165) is 44.5 Å². The molecule has 0 saturated heterocycles. The summed E-state index contributed by atoms with van der Waals surface area (Å²) < 4.78 is 5.71. The van der Waals surface area contributed by atoms with Gasteiger partial charge < -0.3 is 9.84 Å². The molecule has 1 atom stereocenters. The molecule has 0 aliphatic rings. The molecule has 114 valence electrons. The predicted octanol–water partition coefficient (Wildman–Crippen LogP) is 4.74. The van der Waals surface area contributed by atoms with E-state index in [1.165, 1.54) is 24.8 Å². The number of unbranched alkanes of at least 4 members (excludes halogenated alkanes) is 4. The van der Waals surface area contributed by atoms with Crippen LogP contribution in [0.15, 0.2) is 24.3 Å². The Bertz CT molecular complexity index is 332. The second-order valence-corrected chi connectivity index (χ2v) is 5.55. The van der Waals surface area contributed by atoms with Crippen LogP contribution in [0, 0.1) is 0 Å². The molecule has 0 amide bonds. The Hall–Kier alpha value is -1.02. The first-order valence-corrected chi connectivity index (χ1v) is 8.16. The van der Waals surface area contributed by atoms with Crippen LogP contribution in [-0.2, 0) is 6.42 Å². The summed E-state index contributed by atoms with van der Waals surface area (Å²) in [7, 11) is 0. The van der Waals surface area contributed by atoms with Crippen molar-refractivity contribution in [3.8, 4) is 5.75 Å². The van der Waals surface area contributed by atoms with Crippen molar-refractivity contribution in [3.63, 3.8) is 0 Å². The molecular weight excluding hydrogens is 248 g/mol. The Morgan fingerprint density at radius 1 is 0.950 bits per heavy atom. The minimum absolute atomic E-state index is 0.212. The number of rotatable bonds is 11. The van der Waals surface area contributed by atoms with Gasteiger partial charge in [0.15, 0.2) is 0 Å². The van der Waals surface area contributed by atoms with Crippen molar-refractivity contribution >= 4 is 0 Å². The molecule has 0 aliphatic heterocycles. The smallest absolute Gasteiger partial charge is 0.119 e. The first-order valence-electron chi connectivity index (χ1n) is 8.16. The maximum absolute atomic E-state index is 9.90. The molecule has 0 bridgehead atoms. The highest BCUT2D eigenvalue weighted by Crippen LogP contribution is 2.15. The summed E-state index contributed by atoms with van der Waals surface area (Å²) in [6.45, 7) is 5.17. The molecule has 0 spiro atoms. The molecule has 0 saturated carbocycles. The van der Waals surface area contributed by atoms with E-state index < -0.39 is 0 Å². The van der Waals surface area contributed by atoms with E-state index in [0.29, 0.717) is 0 Å². The molecule has 2 nitrogen and oxygen atoms in total. The Labute approximate surface area is 124 Å². The number of benzene rings is 1. The molecular formula is C18H30O2. The number of hydrogen-bond acceptors (Lipinski definition) is 2. The van der Waals surface area contributed by atoms with Crippen LogP contribution < -0.4 is 4.74 Å². The second kappa shape index (κ2) is 10.7. The highest BCUT2D eigenvalue weighted by Gasteiger charge is 2.05. The monoisotopic (exact) mass is 278 g/mol. The van der Waals surface area contributed by atoms with Gasteiger partial charge in [0.1, 0.15) is 5.75 Å². The zero-order valence-electron chi connectivity index (χ0n) is 13.1. The molecule has 0 heterocycles. The molecule has 2 heteroatoms. The molecule has 1 aromatic carbocycles. The van der Waals surface area contributed by atoms with Crippen molar-refractivity contribution in [2.24, 2.45) is 0 Å². The largest absolute Gasteiger partial charge is 0.494 e. The third-order valence-electron chi connectivity index (χ3n) is 3.55. The highest BCUT2D eigenvalue weighted by atomic mass is 16.5. The molecule has 1 aromatic rings. The van der Waals surface area contributed by atoms with Crippen molar-refractivity contribution in [1.82, 2.24) is 0 Å². The molecule has 0 aromatic heterocycles. The third-order valence-corrected chi connectivity index (χ3v) is 3.55. The molecule has 0 aliphatic carbocycles. The number of aliphatic hydroxyl groups excluding tert-OH is 1. The van der Waals surface area contributed by atoms with E-state index in [2.05, 4.69) is 26.0 Å². The standard InChI is InChI=1S/C18H30O2/c1-3-5-7-8-14-20-18-12-10-16(11-13-18)15-17(19)9-6-4-2/h10-13,17,19H,3-9,14-15H2,1-2H3. The summed E-state index contributed by atoms with van der Waals surface area (Å²) in [5.41, 5.74) is 1.19. The topological polar surface area (TPSA) is 29.5 Å². The minimum atomic E-state index is -0.212.